The standard InChI is InChI=1S/C15H26N2O/c1-14(2,3)10-15(4,5)17-11-8-7-9-12(18-6)13(11)16/h7-9,17H,10,16H2,1-6H3. The van der Waals surface area contributed by atoms with Crippen molar-refractivity contribution in [3.63, 3.8) is 0 Å². The summed E-state index contributed by atoms with van der Waals surface area (Å²) in [6.45, 7) is 11.1. The molecule has 0 radical (unpaired) electrons. The minimum absolute atomic E-state index is 0.0151. The van der Waals surface area contributed by atoms with Gasteiger partial charge >= 0.3 is 0 Å². The van der Waals surface area contributed by atoms with E-state index in [-0.39, 0.29) is 11.0 Å². The molecule has 0 amide bonds. The molecule has 0 unspecified atom stereocenters. The molecule has 0 heterocycles. The molecule has 3 heteroatoms. The minimum Gasteiger partial charge on any atom is -0.495 e. The first-order valence-corrected chi connectivity index (χ1v) is 6.35. The summed E-state index contributed by atoms with van der Waals surface area (Å²) in [5, 5.41) is 3.51. The summed E-state index contributed by atoms with van der Waals surface area (Å²) >= 11 is 0. The van der Waals surface area contributed by atoms with Crippen LogP contribution in [0.15, 0.2) is 18.2 Å². The van der Waals surface area contributed by atoms with Crippen molar-refractivity contribution in [2.45, 2.75) is 46.6 Å². The van der Waals surface area contributed by atoms with Crippen LogP contribution in [0.1, 0.15) is 41.0 Å². The van der Waals surface area contributed by atoms with Gasteiger partial charge in [-0.05, 0) is 37.8 Å². The highest BCUT2D eigenvalue weighted by Gasteiger charge is 2.26. The molecule has 0 saturated heterocycles. The van der Waals surface area contributed by atoms with Gasteiger partial charge in [-0.2, -0.15) is 0 Å². The lowest BCUT2D eigenvalue weighted by atomic mass is 9.81. The van der Waals surface area contributed by atoms with Crippen LogP contribution in [0, 0.1) is 5.41 Å². The van der Waals surface area contributed by atoms with Gasteiger partial charge in [0.2, 0.25) is 0 Å². The SMILES string of the molecule is COc1cccc(NC(C)(C)CC(C)(C)C)c1N. The lowest BCUT2D eigenvalue weighted by Gasteiger charge is -2.34. The van der Waals surface area contributed by atoms with E-state index in [0.29, 0.717) is 11.4 Å². The van der Waals surface area contributed by atoms with Crippen LogP contribution in [0.5, 0.6) is 5.75 Å². The van der Waals surface area contributed by atoms with Gasteiger partial charge in [0.15, 0.2) is 0 Å². The number of para-hydroxylation sites is 1. The Balaban J connectivity index is 2.90. The molecule has 3 nitrogen and oxygen atoms in total. The molecule has 102 valence electrons. The first kappa shape index (κ1) is 14.7. The smallest absolute Gasteiger partial charge is 0.143 e. The number of hydrogen-bond acceptors (Lipinski definition) is 3. The Morgan fingerprint density at radius 3 is 2.28 bits per heavy atom. The third-order valence-electron chi connectivity index (χ3n) is 2.73. The maximum Gasteiger partial charge on any atom is 0.143 e. The first-order valence-electron chi connectivity index (χ1n) is 6.35. The fourth-order valence-electron chi connectivity index (χ4n) is 2.57. The van der Waals surface area contributed by atoms with Crippen molar-refractivity contribution < 1.29 is 4.74 Å². The summed E-state index contributed by atoms with van der Waals surface area (Å²) in [7, 11) is 1.63. The summed E-state index contributed by atoms with van der Waals surface area (Å²) in [4.78, 5) is 0. The number of benzene rings is 1. The fourth-order valence-corrected chi connectivity index (χ4v) is 2.57. The average molecular weight is 250 g/mol. The van der Waals surface area contributed by atoms with Crippen molar-refractivity contribution in [3.8, 4) is 5.75 Å². The Morgan fingerprint density at radius 2 is 1.78 bits per heavy atom. The van der Waals surface area contributed by atoms with Gasteiger partial charge in [0.1, 0.15) is 5.75 Å². The topological polar surface area (TPSA) is 47.3 Å². The third-order valence-corrected chi connectivity index (χ3v) is 2.73. The van der Waals surface area contributed by atoms with Crippen LogP contribution in [0.3, 0.4) is 0 Å². The maximum atomic E-state index is 6.08. The van der Waals surface area contributed by atoms with Crippen LogP contribution >= 0.6 is 0 Å². The Morgan fingerprint density at radius 1 is 1.17 bits per heavy atom. The molecule has 0 aromatic heterocycles. The summed E-state index contributed by atoms with van der Waals surface area (Å²) in [5.74, 6) is 0.714. The van der Waals surface area contributed by atoms with Crippen LogP contribution < -0.4 is 15.8 Å². The summed E-state index contributed by atoms with van der Waals surface area (Å²) in [5.41, 5.74) is 7.93. The number of nitrogen functional groups attached to an aromatic ring is 1. The van der Waals surface area contributed by atoms with Gasteiger partial charge in [-0.1, -0.05) is 26.8 Å². The molecule has 0 aliphatic heterocycles. The largest absolute Gasteiger partial charge is 0.495 e. The molecule has 0 atom stereocenters. The molecule has 0 bridgehead atoms. The van der Waals surface area contributed by atoms with Crippen molar-refractivity contribution in [1.29, 1.82) is 0 Å². The normalized spacial score (nSPS) is 12.3. The highest BCUT2D eigenvalue weighted by molar-refractivity contribution is 5.73. The molecule has 0 aliphatic carbocycles. The Hall–Kier alpha value is -1.38. The highest BCUT2D eigenvalue weighted by atomic mass is 16.5. The van der Waals surface area contributed by atoms with Crippen LogP contribution in [0.2, 0.25) is 0 Å². The lowest BCUT2D eigenvalue weighted by molar-refractivity contribution is 0.302. The van der Waals surface area contributed by atoms with Crippen molar-refractivity contribution in [1.82, 2.24) is 0 Å². The zero-order valence-electron chi connectivity index (χ0n) is 12.4. The molecular formula is C15H26N2O. The van der Waals surface area contributed by atoms with E-state index in [4.69, 9.17) is 10.5 Å². The molecule has 1 aromatic carbocycles. The van der Waals surface area contributed by atoms with Crippen LogP contribution in [-0.4, -0.2) is 12.6 Å². The monoisotopic (exact) mass is 250 g/mol. The van der Waals surface area contributed by atoms with Gasteiger partial charge in [-0.15, -0.1) is 0 Å². The fraction of sp³-hybridized carbons (Fsp3) is 0.600. The molecule has 0 aliphatic rings. The van der Waals surface area contributed by atoms with Crippen LogP contribution in [0.25, 0.3) is 0 Å². The quantitative estimate of drug-likeness (QED) is 0.797. The first-order chi connectivity index (χ1) is 8.14. The van der Waals surface area contributed by atoms with E-state index in [0.717, 1.165) is 12.1 Å². The number of anilines is 2. The number of nitrogens with one attached hydrogen (secondary N) is 1. The van der Waals surface area contributed by atoms with Gasteiger partial charge in [0, 0.05) is 5.54 Å². The van der Waals surface area contributed by atoms with Crippen molar-refractivity contribution in [3.05, 3.63) is 18.2 Å². The number of rotatable bonds is 4. The second-order valence-electron chi connectivity index (χ2n) is 6.67. The minimum atomic E-state index is -0.0151. The predicted octanol–water partition coefficient (Wildman–Crippen LogP) is 3.90. The third kappa shape index (κ3) is 4.13. The lowest BCUT2D eigenvalue weighted by Crippen LogP contribution is -2.35. The molecular weight excluding hydrogens is 224 g/mol. The zero-order chi connectivity index (χ0) is 14.0. The summed E-state index contributed by atoms with van der Waals surface area (Å²) in [6, 6.07) is 5.81. The van der Waals surface area contributed by atoms with E-state index < -0.39 is 0 Å². The van der Waals surface area contributed by atoms with E-state index in [1.165, 1.54) is 0 Å². The summed E-state index contributed by atoms with van der Waals surface area (Å²) < 4.78 is 5.24. The average Bonchev–Trinajstić information content (AvgIpc) is 2.17. The molecule has 3 N–H and O–H groups in total. The molecule has 1 rings (SSSR count). The van der Waals surface area contributed by atoms with Gasteiger partial charge in [0.25, 0.3) is 0 Å². The van der Waals surface area contributed by atoms with Crippen molar-refractivity contribution >= 4 is 11.4 Å². The van der Waals surface area contributed by atoms with Crippen molar-refractivity contribution in [2.75, 3.05) is 18.2 Å². The molecule has 18 heavy (non-hydrogen) atoms. The Kier molecular flexibility index (Phi) is 4.15. The summed E-state index contributed by atoms with van der Waals surface area (Å²) in [6.07, 6.45) is 1.05. The molecule has 0 saturated carbocycles. The van der Waals surface area contributed by atoms with Crippen molar-refractivity contribution in [2.24, 2.45) is 5.41 Å². The van der Waals surface area contributed by atoms with Gasteiger partial charge in [0.05, 0.1) is 18.5 Å². The Bertz CT molecular complexity index is 405. The van der Waals surface area contributed by atoms with E-state index >= 15 is 0 Å². The predicted molar refractivity (Wildman–Crippen MR) is 79.2 cm³/mol. The second-order valence-corrected chi connectivity index (χ2v) is 6.67. The number of nitrogens with two attached hydrogens (primary N) is 1. The van der Waals surface area contributed by atoms with Gasteiger partial charge < -0.3 is 15.8 Å². The highest BCUT2D eigenvalue weighted by Crippen LogP contribution is 2.34. The van der Waals surface area contributed by atoms with Gasteiger partial charge in [-0.3, -0.25) is 0 Å². The number of ether oxygens (including phenoxy) is 1. The Labute approximate surface area is 111 Å². The zero-order valence-corrected chi connectivity index (χ0v) is 12.4. The molecule has 0 fully saturated rings. The number of methoxy groups -OCH3 is 1. The second kappa shape index (κ2) is 5.09. The van der Waals surface area contributed by atoms with E-state index in [2.05, 4.69) is 39.9 Å². The maximum absolute atomic E-state index is 6.08. The van der Waals surface area contributed by atoms with E-state index in [1.54, 1.807) is 7.11 Å². The molecule has 1 aromatic rings. The van der Waals surface area contributed by atoms with Crippen LogP contribution in [0.4, 0.5) is 11.4 Å². The van der Waals surface area contributed by atoms with E-state index in [1.807, 2.05) is 18.2 Å². The van der Waals surface area contributed by atoms with Gasteiger partial charge in [-0.25, -0.2) is 0 Å². The van der Waals surface area contributed by atoms with Crippen LogP contribution in [-0.2, 0) is 0 Å². The van der Waals surface area contributed by atoms with E-state index in [9.17, 15) is 0 Å². The molecule has 0 spiro atoms. The number of hydrogen-bond donors (Lipinski definition) is 2.